The Morgan fingerprint density at radius 3 is 2.76 bits per heavy atom. The van der Waals surface area contributed by atoms with Crippen LogP contribution in [-0.4, -0.2) is 67.7 Å². The van der Waals surface area contributed by atoms with E-state index in [9.17, 15) is 29.6 Å². The highest BCUT2D eigenvalue weighted by atomic mass is 19.1. The highest BCUT2D eigenvalue weighted by molar-refractivity contribution is 5.91. The molecule has 0 aromatic heterocycles. The van der Waals surface area contributed by atoms with Gasteiger partial charge < -0.3 is 35.4 Å². The summed E-state index contributed by atoms with van der Waals surface area (Å²) in [6.45, 7) is 1.30. The number of ether oxygens (including phenoxy) is 1. The Balaban J connectivity index is 2.38. The Bertz CT molecular complexity index is 518. The number of carbonyl (C=O) groups is 1. The number of aliphatic hydroxyl groups excluding tert-OH is 3. The molecule has 0 radical (unpaired) electrons. The molecule has 1 amide bonds. The maximum atomic E-state index is 13.4. The SMILES string of the molecule is C#CC1(O)C(O)[C@@H]([C@@H](C)O)O[C@H]1N1C=C(F)C(=O)NC1O. The monoisotopic (exact) mass is 302 g/mol. The van der Waals surface area contributed by atoms with Gasteiger partial charge in [0.1, 0.15) is 12.2 Å². The van der Waals surface area contributed by atoms with Crippen molar-refractivity contribution in [1.82, 2.24) is 10.2 Å². The van der Waals surface area contributed by atoms with Gasteiger partial charge in [-0.05, 0) is 6.92 Å². The molecule has 0 aliphatic carbocycles. The van der Waals surface area contributed by atoms with Gasteiger partial charge in [-0.25, -0.2) is 0 Å². The predicted molar refractivity (Wildman–Crippen MR) is 65.3 cm³/mol. The van der Waals surface area contributed by atoms with Crippen LogP contribution in [0.3, 0.4) is 0 Å². The zero-order valence-corrected chi connectivity index (χ0v) is 11.0. The molecule has 9 heteroatoms. The number of aliphatic hydroxyl groups is 4. The van der Waals surface area contributed by atoms with Gasteiger partial charge in [0.05, 0.1) is 6.10 Å². The van der Waals surface area contributed by atoms with E-state index in [0.29, 0.717) is 11.1 Å². The van der Waals surface area contributed by atoms with E-state index in [1.807, 2.05) is 11.2 Å². The van der Waals surface area contributed by atoms with Gasteiger partial charge in [0.2, 0.25) is 12.2 Å². The van der Waals surface area contributed by atoms with E-state index in [4.69, 9.17) is 11.2 Å². The van der Waals surface area contributed by atoms with Crippen LogP contribution in [0.15, 0.2) is 12.0 Å². The lowest BCUT2D eigenvalue weighted by Gasteiger charge is -2.38. The molecule has 0 aromatic rings. The minimum absolute atomic E-state index is 0.605. The molecule has 1 fully saturated rings. The number of hydrogen-bond acceptors (Lipinski definition) is 7. The Labute approximate surface area is 119 Å². The van der Waals surface area contributed by atoms with Crippen LogP contribution in [-0.2, 0) is 9.53 Å². The van der Waals surface area contributed by atoms with Gasteiger partial charge in [-0.1, -0.05) is 5.92 Å². The van der Waals surface area contributed by atoms with Crippen LogP contribution in [0.25, 0.3) is 0 Å². The second-order valence-electron chi connectivity index (χ2n) is 4.88. The number of rotatable bonds is 2. The molecule has 3 unspecified atom stereocenters. The van der Waals surface area contributed by atoms with Crippen molar-refractivity contribution in [2.75, 3.05) is 0 Å². The summed E-state index contributed by atoms with van der Waals surface area (Å²) < 4.78 is 18.6. The maximum absolute atomic E-state index is 13.4. The number of terminal acetylenes is 1. The summed E-state index contributed by atoms with van der Waals surface area (Å²) in [5.74, 6) is -0.461. The summed E-state index contributed by atoms with van der Waals surface area (Å²) in [6.07, 6.45) is -1.60. The quantitative estimate of drug-likeness (QED) is 0.353. The minimum atomic E-state index is -2.32. The highest BCUT2D eigenvalue weighted by Crippen LogP contribution is 2.36. The molecule has 0 aromatic carbocycles. The van der Waals surface area contributed by atoms with E-state index in [-0.39, 0.29) is 0 Å². The first-order valence-corrected chi connectivity index (χ1v) is 6.07. The standard InChI is InChI=1S/C12H15FN2O6/c1-3-12(20)8(17)7(5(2)16)21-10(12)15-4-6(13)9(18)14-11(15)19/h1,4-5,7-8,10-11,16-17,19-20H,2H3,(H,14,18)/t5-,7-,8?,10-,11?,12?/m1/s1. The first-order chi connectivity index (χ1) is 9.72. The van der Waals surface area contributed by atoms with Crippen LogP contribution in [0.2, 0.25) is 0 Å². The molecule has 0 spiro atoms. The Kier molecular flexibility index (Phi) is 3.92. The topological polar surface area (TPSA) is 122 Å². The van der Waals surface area contributed by atoms with Crippen LogP contribution >= 0.6 is 0 Å². The molecular formula is C12H15FN2O6. The normalized spacial score (nSPS) is 41.3. The van der Waals surface area contributed by atoms with E-state index in [1.54, 1.807) is 0 Å². The lowest BCUT2D eigenvalue weighted by molar-refractivity contribution is -0.170. The fourth-order valence-corrected chi connectivity index (χ4v) is 2.27. The van der Waals surface area contributed by atoms with Crippen molar-refractivity contribution < 1.29 is 34.3 Å². The van der Waals surface area contributed by atoms with Crippen molar-refractivity contribution >= 4 is 5.91 Å². The van der Waals surface area contributed by atoms with Gasteiger partial charge in [0, 0.05) is 6.20 Å². The Morgan fingerprint density at radius 1 is 1.62 bits per heavy atom. The van der Waals surface area contributed by atoms with E-state index >= 15 is 0 Å². The minimum Gasteiger partial charge on any atom is -0.391 e. The van der Waals surface area contributed by atoms with Crippen molar-refractivity contribution in [2.24, 2.45) is 0 Å². The molecule has 2 aliphatic rings. The molecule has 0 bridgehead atoms. The van der Waals surface area contributed by atoms with Crippen molar-refractivity contribution in [3.8, 4) is 12.3 Å². The first-order valence-electron chi connectivity index (χ1n) is 6.07. The lowest BCUT2D eigenvalue weighted by atomic mass is 9.92. The summed E-state index contributed by atoms with van der Waals surface area (Å²) >= 11 is 0. The summed E-state index contributed by atoms with van der Waals surface area (Å²) in [4.78, 5) is 11.8. The van der Waals surface area contributed by atoms with Crippen LogP contribution < -0.4 is 5.32 Å². The van der Waals surface area contributed by atoms with E-state index in [2.05, 4.69) is 0 Å². The van der Waals surface area contributed by atoms with E-state index < -0.39 is 48.2 Å². The molecule has 1 saturated heterocycles. The lowest BCUT2D eigenvalue weighted by Crippen LogP contribution is -2.60. The molecule has 2 heterocycles. The molecular weight excluding hydrogens is 287 g/mol. The third-order valence-corrected chi connectivity index (χ3v) is 3.42. The van der Waals surface area contributed by atoms with Gasteiger partial charge in [0.25, 0.3) is 5.91 Å². The molecule has 6 atom stereocenters. The van der Waals surface area contributed by atoms with Crippen molar-refractivity contribution in [1.29, 1.82) is 0 Å². The highest BCUT2D eigenvalue weighted by Gasteiger charge is 2.59. The zero-order chi connectivity index (χ0) is 15.9. The summed E-state index contributed by atoms with van der Waals surface area (Å²) in [5, 5.41) is 41.5. The smallest absolute Gasteiger partial charge is 0.284 e. The van der Waals surface area contributed by atoms with Gasteiger partial charge in [-0.3, -0.25) is 4.79 Å². The van der Waals surface area contributed by atoms with E-state index in [0.717, 1.165) is 0 Å². The molecule has 116 valence electrons. The molecule has 21 heavy (non-hydrogen) atoms. The summed E-state index contributed by atoms with van der Waals surface area (Å²) in [6, 6.07) is 0. The Morgan fingerprint density at radius 2 is 2.24 bits per heavy atom. The third kappa shape index (κ3) is 2.37. The number of nitrogens with zero attached hydrogens (tertiary/aromatic N) is 1. The van der Waals surface area contributed by atoms with Gasteiger partial charge in [-0.2, -0.15) is 4.39 Å². The second kappa shape index (κ2) is 5.25. The molecule has 2 rings (SSSR count). The molecule has 2 aliphatic heterocycles. The van der Waals surface area contributed by atoms with Gasteiger partial charge >= 0.3 is 0 Å². The fourth-order valence-electron chi connectivity index (χ4n) is 2.27. The Hall–Kier alpha value is -1.70. The van der Waals surface area contributed by atoms with Crippen molar-refractivity contribution in [3.05, 3.63) is 12.0 Å². The number of hydrogen-bond donors (Lipinski definition) is 5. The van der Waals surface area contributed by atoms with Crippen molar-refractivity contribution in [3.63, 3.8) is 0 Å². The number of carbonyl (C=O) groups excluding carboxylic acids is 1. The van der Waals surface area contributed by atoms with Crippen LogP contribution in [0.1, 0.15) is 6.92 Å². The molecule has 0 saturated carbocycles. The number of nitrogens with one attached hydrogen (secondary N) is 1. The fraction of sp³-hybridized carbons (Fsp3) is 0.583. The van der Waals surface area contributed by atoms with Crippen LogP contribution in [0.4, 0.5) is 4.39 Å². The van der Waals surface area contributed by atoms with Gasteiger partial charge in [0.15, 0.2) is 11.8 Å². The molecule has 5 N–H and O–H groups in total. The van der Waals surface area contributed by atoms with Crippen LogP contribution in [0, 0.1) is 12.3 Å². The molecule has 8 nitrogen and oxygen atoms in total. The predicted octanol–water partition coefficient (Wildman–Crippen LogP) is -2.66. The largest absolute Gasteiger partial charge is 0.391 e. The summed E-state index contributed by atoms with van der Waals surface area (Å²) in [5.41, 5.74) is -2.32. The summed E-state index contributed by atoms with van der Waals surface area (Å²) in [7, 11) is 0. The maximum Gasteiger partial charge on any atom is 0.284 e. The second-order valence-corrected chi connectivity index (χ2v) is 4.88. The number of amides is 1. The zero-order valence-electron chi connectivity index (χ0n) is 11.0. The third-order valence-electron chi connectivity index (χ3n) is 3.42. The average molecular weight is 302 g/mol. The number of halogens is 1. The van der Waals surface area contributed by atoms with Gasteiger partial charge in [-0.15, -0.1) is 6.42 Å². The van der Waals surface area contributed by atoms with E-state index in [1.165, 1.54) is 6.92 Å². The first kappa shape index (κ1) is 15.7. The van der Waals surface area contributed by atoms with Crippen molar-refractivity contribution in [2.45, 2.75) is 43.4 Å². The van der Waals surface area contributed by atoms with Crippen LogP contribution in [0.5, 0.6) is 0 Å². The average Bonchev–Trinajstić information content (AvgIpc) is 2.68.